The van der Waals surface area contributed by atoms with Crippen molar-refractivity contribution in [2.24, 2.45) is 0 Å². The van der Waals surface area contributed by atoms with E-state index in [4.69, 9.17) is 14.2 Å². The first-order chi connectivity index (χ1) is 15.3. The maximum Gasteiger partial charge on any atom is 0.138 e. The van der Waals surface area contributed by atoms with E-state index in [1.807, 2.05) is 91.0 Å². The van der Waals surface area contributed by atoms with E-state index in [0.29, 0.717) is 32.7 Å². The highest BCUT2D eigenvalue weighted by atomic mass is 16.6. The van der Waals surface area contributed by atoms with Gasteiger partial charge < -0.3 is 14.2 Å². The Morgan fingerprint density at radius 3 is 1.29 bits per heavy atom. The standard InChI is InChI=1S/C27H28O4/c28-24-16-25(29-18-21-10-4-1-5-11-21)27(31-20-23-14-8-3-9-15-23)26(17-24)30-19-22-12-6-2-7-13-22/h1-15,25-27H,16-20H2/t25-,26-/m1/s1. The zero-order valence-corrected chi connectivity index (χ0v) is 17.6. The Labute approximate surface area is 183 Å². The van der Waals surface area contributed by atoms with Crippen LogP contribution in [0.1, 0.15) is 29.5 Å². The van der Waals surface area contributed by atoms with Crippen molar-refractivity contribution in [3.8, 4) is 0 Å². The van der Waals surface area contributed by atoms with Crippen LogP contribution in [-0.2, 0) is 38.8 Å². The summed E-state index contributed by atoms with van der Waals surface area (Å²) in [5.74, 6) is 0.149. The molecule has 160 valence electrons. The molecule has 0 N–H and O–H groups in total. The van der Waals surface area contributed by atoms with Gasteiger partial charge in [0.2, 0.25) is 0 Å². The molecular formula is C27H28O4. The minimum Gasteiger partial charge on any atom is -0.370 e. The van der Waals surface area contributed by atoms with Gasteiger partial charge in [0, 0.05) is 12.8 Å². The van der Waals surface area contributed by atoms with Crippen LogP contribution in [0.2, 0.25) is 0 Å². The summed E-state index contributed by atoms with van der Waals surface area (Å²) in [5, 5.41) is 0. The van der Waals surface area contributed by atoms with Crippen LogP contribution in [0.15, 0.2) is 91.0 Å². The number of benzene rings is 3. The second-order valence-corrected chi connectivity index (χ2v) is 7.88. The van der Waals surface area contributed by atoms with Crippen molar-refractivity contribution in [2.75, 3.05) is 0 Å². The average Bonchev–Trinajstić information content (AvgIpc) is 2.82. The van der Waals surface area contributed by atoms with Crippen LogP contribution in [0, 0.1) is 0 Å². The normalized spacial score (nSPS) is 19.4. The largest absolute Gasteiger partial charge is 0.370 e. The Kier molecular flexibility index (Phi) is 7.61. The summed E-state index contributed by atoms with van der Waals surface area (Å²) in [6, 6.07) is 30.0. The molecule has 1 aliphatic carbocycles. The molecule has 31 heavy (non-hydrogen) atoms. The van der Waals surface area contributed by atoms with E-state index in [2.05, 4.69) is 0 Å². The first kappa shape index (κ1) is 21.4. The van der Waals surface area contributed by atoms with E-state index in [9.17, 15) is 4.79 Å². The molecular weight excluding hydrogens is 388 g/mol. The molecule has 3 aromatic rings. The molecule has 0 saturated heterocycles. The molecule has 3 aromatic carbocycles. The van der Waals surface area contributed by atoms with E-state index >= 15 is 0 Å². The van der Waals surface area contributed by atoms with Crippen molar-refractivity contribution in [3.63, 3.8) is 0 Å². The van der Waals surface area contributed by atoms with Gasteiger partial charge in [0.25, 0.3) is 0 Å². The molecule has 1 fully saturated rings. The first-order valence-electron chi connectivity index (χ1n) is 10.8. The average molecular weight is 417 g/mol. The predicted octanol–water partition coefficient (Wildman–Crippen LogP) is 5.11. The number of carbonyl (C=O) groups excluding carboxylic acids is 1. The van der Waals surface area contributed by atoms with Gasteiger partial charge in [-0.05, 0) is 16.7 Å². The molecule has 0 aliphatic heterocycles. The monoisotopic (exact) mass is 416 g/mol. The van der Waals surface area contributed by atoms with Gasteiger partial charge in [-0.15, -0.1) is 0 Å². The van der Waals surface area contributed by atoms with Gasteiger partial charge in [0.05, 0.1) is 32.0 Å². The molecule has 0 heterocycles. The Hall–Kier alpha value is -2.79. The predicted molar refractivity (Wildman–Crippen MR) is 119 cm³/mol. The second-order valence-electron chi connectivity index (χ2n) is 7.88. The topological polar surface area (TPSA) is 44.8 Å². The highest BCUT2D eigenvalue weighted by molar-refractivity contribution is 5.80. The Morgan fingerprint density at radius 2 is 0.903 bits per heavy atom. The van der Waals surface area contributed by atoms with Crippen LogP contribution in [0.4, 0.5) is 0 Å². The van der Waals surface area contributed by atoms with Gasteiger partial charge in [0.1, 0.15) is 11.9 Å². The number of Topliss-reactive ketones (excluding diaryl/α,β-unsaturated/α-hetero) is 1. The van der Waals surface area contributed by atoms with E-state index in [0.717, 1.165) is 16.7 Å². The third kappa shape index (κ3) is 6.34. The number of ether oxygens (including phenoxy) is 3. The van der Waals surface area contributed by atoms with Crippen LogP contribution in [-0.4, -0.2) is 24.1 Å². The van der Waals surface area contributed by atoms with Crippen LogP contribution in [0.5, 0.6) is 0 Å². The van der Waals surface area contributed by atoms with Crippen molar-refractivity contribution >= 4 is 5.78 Å². The summed E-state index contributed by atoms with van der Waals surface area (Å²) in [6.07, 6.45) is -0.308. The SMILES string of the molecule is O=C1C[C@@H](OCc2ccccc2)C(OCc2ccccc2)[C@H](OCc2ccccc2)C1. The van der Waals surface area contributed by atoms with Crippen molar-refractivity contribution in [3.05, 3.63) is 108 Å². The molecule has 1 aliphatic rings. The van der Waals surface area contributed by atoms with Crippen molar-refractivity contribution in [1.29, 1.82) is 0 Å². The summed E-state index contributed by atoms with van der Waals surface area (Å²) < 4.78 is 18.7. The lowest BCUT2D eigenvalue weighted by molar-refractivity contribution is -0.175. The maximum atomic E-state index is 12.5. The third-order valence-electron chi connectivity index (χ3n) is 5.49. The highest BCUT2D eigenvalue weighted by Gasteiger charge is 2.39. The van der Waals surface area contributed by atoms with Crippen LogP contribution in [0.25, 0.3) is 0 Å². The molecule has 0 spiro atoms. The third-order valence-corrected chi connectivity index (χ3v) is 5.49. The fourth-order valence-corrected chi connectivity index (χ4v) is 3.85. The molecule has 0 aromatic heterocycles. The molecule has 1 saturated carbocycles. The molecule has 0 bridgehead atoms. The summed E-state index contributed by atoms with van der Waals surface area (Å²) in [6.45, 7) is 1.33. The zero-order chi connectivity index (χ0) is 21.3. The number of hydrogen-bond acceptors (Lipinski definition) is 4. The molecule has 4 heteroatoms. The molecule has 4 rings (SSSR count). The Bertz CT molecular complexity index is 872. The second kappa shape index (κ2) is 11.0. The molecule has 0 radical (unpaired) electrons. The Morgan fingerprint density at radius 1 is 0.548 bits per heavy atom. The minimum atomic E-state index is -0.342. The summed E-state index contributed by atoms with van der Waals surface area (Å²) in [4.78, 5) is 12.5. The van der Waals surface area contributed by atoms with Crippen LogP contribution in [0.3, 0.4) is 0 Å². The molecule has 0 unspecified atom stereocenters. The molecule has 4 nitrogen and oxygen atoms in total. The smallest absolute Gasteiger partial charge is 0.138 e. The van der Waals surface area contributed by atoms with Gasteiger partial charge in [-0.2, -0.15) is 0 Å². The van der Waals surface area contributed by atoms with E-state index in [1.165, 1.54) is 0 Å². The lowest BCUT2D eigenvalue weighted by Crippen LogP contribution is -2.48. The van der Waals surface area contributed by atoms with Crippen LogP contribution >= 0.6 is 0 Å². The zero-order valence-electron chi connectivity index (χ0n) is 17.6. The molecule has 2 atom stereocenters. The van der Waals surface area contributed by atoms with Gasteiger partial charge in [-0.3, -0.25) is 4.79 Å². The quantitative estimate of drug-likeness (QED) is 0.487. The maximum absolute atomic E-state index is 12.5. The minimum absolute atomic E-state index is 0.149. The highest BCUT2D eigenvalue weighted by Crippen LogP contribution is 2.27. The van der Waals surface area contributed by atoms with Gasteiger partial charge in [-0.1, -0.05) is 91.0 Å². The fourth-order valence-electron chi connectivity index (χ4n) is 3.85. The van der Waals surface area contributed by atoms with E-state index in [1.54, 1.807) is 0 Å². The van der Waals surface area contributed by atoms with Crippen molar-refractivity contribution in [1.82, 2.24) is 0 Å². The fraction of sp³-hybridized carbons (Fsp3) is 0.296. The number of rotatable bonds is 9. The Balaban J connectivity index is 1.46. The van der Waals surface area contributed by atoms with Gasteiger partial charge in [0.15, 0.2) is 0 Å². The van der Waals surface area contributed by atoms with Crippen molar-refractivity contribution < 1.29 is 19.0 Å². The van der Waals surface area contributed by atoms with E-state index in [-0.39, 0.29) is 24.1 Å². The number of carbonyl (C=O) groups is 1. The summed E-state index contributed by atoms with van der Waals surface area (Å²) in [7, 11) is 0. The van der Waals surface area contributed by atoms with E-state index < -0.39 is 0 Å². The lowest BCUT2D eigenvalue weighted by atomic mass is 9.90. The summed E-state index contributed by atoms with van der Waals surface area (Å²) in [5.41, 5.74) is 3.23. The number of ketones is 1. The lowest BCUT2D eigenvalue weighted by Gasteiger charge is -2.37. The molecule has 0 amide bonds. The van der Waals surface area contributed by atoms with Crippen LogP contribution < -0.4 is 0 Å². The first-order valence-corrected chi connectivity index (χ1v) is 10.8. The summed E-state index contributed by atoms with van der Waals surface area (Å²) >= 11 is 0. The van der Waals surface area contributed by atoms with Gasteiger partial charge >= 0.3 is 0 Å². The van der Waals surface area contributed by atoms with Gasteiger partial charge in [-0.25, -0.2) is 0 Å². The van der Waals surface area contributed by atoms with Crippen molar-refractivity contribution in [2.45, 2.75) is 51.0 Å². The number of hydrogen-bond donors (Lipinski definition) is 0.